The molecule has 2 rings (SSSR count). The molecule has 0 saturated carbocycles. The summed E-state index contributed by atoms with van der Waals surface area (Å²) in [6.07, 6.45) is 3.40. The molecule has 98 valence electrons. The summed E-state index contributed by atoms with van der Waals surface area (Å²) in [5.74, 6) is 0.119. The van der Waals surface area contributed by atoms with E-state index >= 15 is 0 Å². The molecule has 0 bridgehead atoms. The molecule has 0 spiro atoms. The van der Waals surface area contributed by atoms with Crippen LogP contribution in [-0.4, -0.2) is 25.2 Å². The molecule has 1 aromatic rings. The number of benzene rings is 1. The maximum atomic E-state index is 11.8. The van der Waals surface area contributed by atoms with Crippen LogP contribution in [0.25, 0.3) is 0 Å². The molecule has 1 amide bonds. The molecule has 4 heteroatoms. The predicted octanol–water partition coefficient (Wildman–Crippen LogP) is 2.68. The second kappa shape index (κ2) is 6.90. The van der Waals surface area contributed by atoms with Crippen molar-refractivity contribution in [3.05, 3.63) is 34.3 Å². The van der Waals surface area contributed by atoms with Gasteiger partial charge in [-0.15, -0.1) is 0 Å². The number of halogens is 1. The molecule has 18 heavy (non-hydrogen) atoms. The molecule has 0 aliphatic carbocycles. The van der Waals surface area contributed by atoms with E-state index in [2.05, 4.69) is 21.2 Å². The number of carbonyl (C=O) groups excluding carboxylic acids is 1. The highest BCUT2D eigenvalue weighted by Gasteiger charge is 2.15. The van der Waals surface area contributed by atoms with Gasteiger partial charge in [0.2, 0.25) is 5.91 Å². The van der Waals surface area contributed by atoms with Crippen LogP contribution in [0.4, 0.5) is 0 Å². The standard InChI is InChI=1S/C14H18BrNO2/c15-12-6-3-11(4-7-12)5-8-14(17)16-13-2-1-9-18-10-13/h3-4,6-7,13H,1-2,5,8-10H2,(H,16,17)/t13-/m0/s1. The van der Waals surface area contributed by atoms with E-state index in [4.69, 9.17) is 4.74 Å². The molecule has 1 atom stereocenters. The lowest BCUT2D eigenvalue weighted by Gasteiger charge is -2.23. The zero-order valence-electron chi connectivity index (χ0n) is 10.3. The van der Waals surface area contributed by atoms with Crippen LogP contribution in [0, 0.1) is 0 Å². The van der Waals surface area contributed by atoms with Gasteiger partial charge in [-0.05, 0) is 37.0 Å². The topological polar surface area (TPSA) is 38.3 Å². The van der Waals surface area contributed by atoms with Crippen molar-refractivity contribution >= 4 is 21.8 Å². The van der Waals surface area contributed by atoms with Gasteiger partial charge in [0.25, 0.3) is 0 Å². The number of hydrogen-bond acceptors (Lipinski definition) is 2. The fourth-order valence-electron chi connectivity index (χ4n) is 2.06. The van der Waals surface area contributed by atoms with Crippen LogP contribution < -0.4 is 5.32 Å². The van der Waals surface area contributed by atoms with E-state index < -0.39 is 0 Å². The summed E-state index contributed by atoms with van der Waals surface area (Å²) in [5, 5.41) is 3.03. The molecular weight excluding hydrogens is 294 g/mol. The van der Waals surface area contributed by atoms with Gasteiger partial charge in [0.05, 0.1) is 12.6 Å². The number of rotatable bonds is 4. The first-order valence-corrected chi connectivity index (χ1v) is 7.15. The van der Waals surface area contributed by atoms with Crippen LogP contribution in [0.5, 0.6) is 0 Å². The molecule has 1 N–H and O–H groups in total. The summed E-state index contributed by atoms with van der Waals surface area (Å²) in [6.45, 7) is 1.48. The van der Waals surface area contributed by atoms with E-state index in [0.717, 1.165) is 30.3 Å². The average Bonchev–Trinajstić information content (AvgIpc) is 2.39. The Morgan fingerprint density at radius 1 is 1.39 bits per heavy atom. The maximum absolute atomic E-state index is 11.8. The van der Waals surface area contributed by atoms with E-state index in [9.17, 15) is 4.79 Å². The molecule has 0 radical (unpaired) electrons. The van der Waals surface area contributed by atoms with E-state index in [1.807, 2.05) is 24.3 Å². The molecule has 3 nitrogen and oxygen atoms in total. The van der Waals surface area contributed by atoms with Crippen LogP contribution in [0.3, 0.4) is 0 Å². The molecule has 1 saturated heterocycles. The summed E-state index contributed by atoms with van der Waals surface area (Å²) in [7, 11) is 0. The minimum atomic E-state index is 0.119. The number of carbonyl (C=O) groups is 1. The Balaban J connectivity index is 1.72. The molecule has 1 heterocycles. The van der Waals surface area contributed by atoms with Crippen molar-refractivity contribution in [3.8, 4) is 0 Å². The second-order valence-electron chi connectivity index (χ2n) is 4.61. The van der Waals surface area contributed by atoms with Crippen LogP contribution in [-0.2, 0) is 16.0 Å². The van der Waals surface area contributed by atoms with Gasteiger partial charge in [-0.2, -0.15) is 0 Å². The molecule has 0 unspecified atom stereocenters. The Kier molecular flexibility index (Phi) is 5.20. The van der Waals surface area contributed by atoms with Gasteiger partial charge in [0.15, 0.2) is 0 Å². The van der Waals surface area contributed by atoms with Crippen molar-refractivity contribution in [3.63, 3.8) is 0 Å². The van der Waals surface area contributed by atoms with Crippen molar-refractivity contribution < 1.29 is 9.53 Å². The van der Waals surface area contributed by atoms with Crippen molar-refractivity contribution in [1.29, 1.82) is 0 Å². The normalized spacial score (nSPS) is 19.5. The number of aryl methyl sites for hydroxylation is 1. The van der Waals surface area contributed by atoms with E-state index in [-0.39, 0.29) is 11.9 Å². The van der Waals surface area contributed by atoms with Gasteiger partial charge in [0, 0.05) is 17.5 Å². The van der Waals surface area contributed by atoms with E-state index in [1.54, 1.807) is 0 Å². The monoisotopic (exact) mass is 311 g/mol. The smallest absolute Gasteiger partial charge is 0.220 e. The van der Waals surface area contributed by atoms with Crippen LogP contribution in [0.2, 0.25) is 0 Å². The number of nitrogens with one attached hydrogen (secondary N) is 1. The van der Waals surface area contributed by atoms with Crippen molar-refractivity contribution in [2.45, 2.75) is 31.7 Å². The second-order valence-corrected chi connectivity index (χ2v) is 5.52. The number of ether oxygens (including phenoxy) is 1. The summed E-state index contributed by atoms with van der Waals surface area (Å²) in [6, 6.07) is 8.29. The summed E-state index contributed by atoms with van der Waals surface area (Å²) in [4.78, 5) is 11.8. The van der Waals surface area contributed by atoms with E-state index in [1.165, 1.54) is 5.56 Å². The van der Waals surface area contributed by atoms with Gasteiger partial charge >= 0.3 is 0 Å². The lowest BCUT2D eigenvalue weighted by Crippen LogP contribution is -2.40. The van der Waals surface area contributed by atoms with Gasteiger partial charge in [0.1, 0.15) is 0 Å². The summed E-state index contributed by atoms with van der Waals surface area (Å²) in [5.41, 5.74) is 1.19. The Morgan fingerprint density at radius 2 is 2.17 bits per heavy atom. The fraction of sp³-hybridized carbons (Fsp3) is 0.500. The zero-order valence-corrected chi connectivity index (χ0v) is 11.9. The summed E-state index contributed by atoms with van der Waals surface area (Å²) >= 11 is 3.40. The molecule has 1 aromatic carbocycles. The Bertz CT molecular complexity index is 385. The van der Waals surface area contributed by atoms with Crippen LogP contribution in [0.15, 0.2) is 28.7 Å². The molecule has 1 aliphatic rings. The maximum Gasteiger partial charge on any atom is 0.220 e. The average molecular weight is 312 g/mol. The van der Waals surface area contributed by atoms with Crippen molar-refractivity contribution in [2.24, 2.45) is 0 Å². The van der Waals surface area contributed by atoms with Gasteiger partial charge in [-0.3, -0.25) is 4.79 Å². The third-order valence-corrected chi connectivity index (χ3v) is 3.61. The van der Waals surface area contributed by atoms with Crippen LogP contribution >= 0.6 is 15.9 Å². The van der Waals surface area contributed by atoms with Gasteiger partial charge in [-0.1, -0.05) is 28.1 Å². The van der Waals surface area contributed by atoms with Crippen molar-refractivity contribution in [1.82, 2.24) is 5.32 Å². The first-order chi connectivity index (χ1) is 8.74. The highest BCUT2D eigenvalue weighted by molar-refractivity contribution is 9.10. The van der Waals surface area contributed by atoms with Gasteiger partial charge < -0.3 is 10.1 Å². The number of amides is 1. The minimum Gasteiger partial charge on any atom is -0.379 e. The fourth-order valence-corrected chi connectivity index (χ4v) is 2.33. The lowest BCUT2D eigenvalue weighted by atomic mass is 10.1. The zero-order chi connectivity index (χ0) is 12.8. The third-order valence-electron chi connectivity index (χ3n) is 3.08. The molecule has 1 aliphatic heterocycles. The third kappa shape index (κ3) is 4.42. The van der Waals surface area contributed by atoms with Crippen LogP contribution in [0.1, 0.15) is 24.8 Å². The highest BCUT2D eigenvalue weighted by atomic mass is 79.9. The number of hydrogen-bond donors (Lipinski definition) is 1. The largest absolute Gasteiger partial charge is 0.379 e. The van der Waals surface area contributed by atoms with E-state index in [0.29, 0.717) is 13.0 Å². The van der Waals surface area contributed by atoms with Crippen molar-refractivity contribution in [2.75, 3.05) is 13.2 Å². The molecule has 1 fully saturated rings. The SMILES string of the molecule is O=C(CCc1ccc(Br)cc1)N[C@H]1CCCOC1. The predicted molar refractivity (Wildman–Crippen MR) is 74.4 cm³/mol. The first kappa shape index (κ1) is 13.6. The summed E-state index contributed by atoms with van der Waals surface area (Å²) < 4.78 is 6.40. The highest BCUT2D eigenvalue weighted by Crippen LogP contribution is 2.12. The first-order valence-electron chi connectivity index (χ1n) is 6.35. The Labute approximate surface area is 116 Å². The Morgan fingerprint density at radius 3 is 2.83 bits per heavy atom. The van der Waals surface area contributed by atoms with Gasteiger partial charge in [-0.25, -0.2) is 0 Å². The minimum absolute atomic E-state index is 0.119. The molecule has 0 aromatic heterocycles. The lowest BCUT2D eigenvalue weighted by molar-refractivity contribution is -0.122. The quantitative estimate of drug-likeness (QED) is 0.928. The molecular formula is C14H18BrNO2. The Hall–Kier alpha value is -0.870.